The molecule has 4 N–H and O–H groups in total. The number of fused-ring (bicyclic) bond motifs is 4. The van der Waals surface area contributed by atoms with Crippen molar-refractivity contribution in [3.8, 4) is 0 Å². The van der Waals surface area contributed by atoms with Crippen LogP contribution < -0.4 is 4.90 Å². The zero-order chi connectivity index (χ0) is 32.1. The van der Waals surface area contributed by atoms with Gasteiger partial charge in [-0.05, 0) is 49.0 Å². The number of hydrogen-bond donors (Lipinski definition) is 4. The molecular formula is C32H35N3O8S. The van der Waals surface area contributed by atoms with Crippen LogP contribution in [0.4, 0.5) is 11.4 Å². The summed E-state index contributed by atoms with van der Waals surface area (Å²) in [5, 5.41) is 33.9. The van der Waals surface area contributed by atoms with E-state index >= 15 is 0 Å². The largest absolute Gasteiger partial charge is 0.478 e. The average molecular weight is 622 g/mol. The van der Waals surface area contributed by atoms with Crippen LogP contribution in [0.15, 0.2) is 94.8 Å². The molecule has 0 bridgehead atoms. The monoisotopic (exact) mass is 621 g/mol. The Morgan fingerprint density at radius 1 is 0.682 bits per heavy atom. The highest BCUT2D eigenvalue weighted by Gasteiger charge is 2.24. The lowest BCUT2D eigenvalue weighted by molar-refractivity contribution is -0.134. The van der Waals surface area contributed by atoms with Crippen molar-refractivity contribution in [3.05, 3.63) is 85.0 Å². The van der Waals surface area contributed by atoms with E-state index in [2.05, 4.69) is 82.4 Å². The molecular weight excluding hydrogens is 586 g/mol. The SMILES string of the molecule is CN1CCN(CCCN2c3ccccc3Sc3c2ccc2ccccc32)CC1.O=C(O)/C=C\C(=O)O.O=C(O)/C=C\C(=O)O. The molecule has 0 atom stereocenters. The van der Waals surface area contributed by atoms with Crippen molar-refractivity contribution in [2.75, 3.05) is 51.2 Å². The fourth-order valence-electron chi connectivity index (χ4n) is 4.61. The summed E-state index contributed by atoms with van der Waals surface area (Å²) in [7, 11) is 2.22. The standard InChI is InChI=1S/C24H27N3S.2C4H4O4/c1-25-15-17-26(18-16-25)13-6-14-27-21-9-4-5-10-23(21)28-24-20-8-3-2-7-19(20)11-12-22(24)27;2*5-3(6)1-2-4(7)8/h2-5,7-12H,6,13-18H2,1H3;2*1-2H,(H,5,6)(H,7,8)/b;2*2-1-. The van der Waals surface area contributed by atoms with E-state index in [0.717, 1.165) is 6.54 Å². The first-order chi connectivity index (χ1) is 21.0. The lowest BCUT2D eigenvalue weighted by atomic mass is 10.1. The van der Waals surface area contributed by atoms with Crippen LogP contribution in [-0.2, 0) is 19.2 Å². The number of rotatable bonds is 8. The Bertz CT molecular complexity index is 1470. The smallest absolute Gasteiger partial charge is 0.328 e. The minimum atomic E-state index is -1.26. The Kier molecular flexibility index (Phi) is 13.0. The van der Waals surface area contributed by atoms with Crippen molar-refractivity contribution >= 4 is 57.8 Å². The molecule has 0 saturated carbocycles. The number of piperazine rings is 1. The summed E-state index contributed by atoms with van der Waals surface area (Å²) < 4.78 is 0. The van der Waals surface area contributed by atoms with Gasteiger partial charge in [-0.25, -0.2) is 19.2 Å². The van der Waals surface area contributed by atoms with E-state index in [9.17, 15) is 19.2 Å². The number of carboxylic acid groups (broad SMARTS) is 4. The molecule has 2 aliphatic heterocycles. The number of carboxylic acids is 4. The predicted molar refractivity (Wildman–Crippen MR) is 169 cm³/mol. The summed E-state index contributed by atoms with van der Waals surface area (Å²) in [5.41, 5.74) is 2.72. The van der Waals surface area contributed by atoms with Gasteiger partial charge in [0, 0.05) is 66.8 Å². The second kappa shape index (κ2) is 16.8. The minimum absolute atomic E-state index is 0.558. The third kappa shape index (κ3) is 10.6. The molecule has 1 fully saturated rings. The van der Waals surface area contributed by atoms with E-state index in [1.807, 2.05) is 11.8 Å². The van der Waals surface area contributed by atoms with Gasteiger partial charge < -0.3 is 35.1 Å². The molecule has 2 aliphatic rings. The number of carbonyl (C=O) groups is 4. The van der Waals surface area contributed by atoms with Gasteiger partial charge in [-0.3, -0.25) is 0 Å². The van der Waals surface area contributed by atoms with Gasteiger partial charge in [-0.1, -0.05) is 54.2 Å². The van der Waals surface area contributed by atoms with Crippen LogP contribution >= 0.6 is 11.8 Å². The molecule has 3 aromatic carbocycles. The summed E-state index contributed by atoms with van der Waals surface area (Å²) in [4.78, 5) is 48.6. The number of anilines is 2. The molecule has 232 valence electrons. The maximum Gasteiger partial charge on any atom is 0.328 e. The Labute approximate surface area is 259 Å². The van der Waals surface area contributed by atoms with E-state index in [4.69, 9.17) is 20.4 Å². The number of para-hydroxylation sites is 1. The Hall–Kier alpha value is -4.65. The van der Waals surface area contributed by atoms with Gasteiger partial charge in [0.25, 0.3) is 0 Å². The summed E-state index contributed by atoms with van der Waals surface area (Å²) >= 11 is 1.92. The Morgan fingerprint density at radius 3 is 1.82 bits per heavy atom. The van der Waals surface area contributed by atoms with Crippen LogP contribution in [-0.4, -0.2) is 100 Å². The summed E-state index contributed by atoms with van der Waals surface area (Å²) in [6.45, 7) is 7.03. The number of nitrogens with zero attached hydrogens (tertiary/aromatic N) is 3. The van der Waals surface area contributed by atoms with Gasteiger partial charge in [-0.2, -0.15) is 0 Å². The fourth-order valence-corrected chi connectivity index (χ4v) is 5.84. The van der Waals surface area contributed by atoms with Gasteiger partial charge in [0.1, 0.15) is 0 Å². The van der Waals surface area contributed by atoms with Crippen LogP contribution in [0.3, 0.4) is 0 Å². The maximum atomic E-state index is 9.55. The lowest BCUT2D eigenvalue weighted by Crippen LogP contribution is -2.45. The number of likely N-dealkylation sites (N-methyl/N-ethyl adjacent to an activating group) is 1. The first-order valence-electron chi connectivity index (χ1n) is 13.8. The van der Waals surface area contributed by atoms with Crippen molar-refractivity contribution in [2.45, 2.75) is 16.2 Å². The van der Waals surface area contributed by atoms with Gasteiger partial charge in [0.2, 0.25) is 0 Å². The molecule has 3 aromatic rings. The predicted octanol–water partition coefficient (Wildman–Crippen LogP) is 4.50. The summed E-state index contributed by atoms with van der Waals surface area (Å²) in [6.07, 6.45) is 3.42. The summed E-state index contributed by atoms with van der Waals surface area (Å²) in [5.74, 6) is -5.03. The highest BCUT2D eigenvalue weighted by atomic mass is 32.2. The third-order valence-corrected chi connectivity index (χ3v) is 7.90. The topological polar surface area (TPSA) is 159 Å². The van der Waals surface area contributed by atoms with Gasteiger partial charge in [0.15, 0.2) is 0 Å². The van der Waals surface area contributed by atoms with Crippen LogP contribution in [0.5, 0.6) is 0 Å². The van der Waals surface area contributed by atoms with E-state index in [1.54, 1.807) is 0 Å². The fraction of sp³-hybridized carbons (Fsp3) is 0.250. The van der Waals surface area contributed by atoms with Crippen LogP contribution in [0.25, 0.3) is 10.8 Å². The quantitative estimate of drug-likeness (QED) is 0.261. The highest BCUT2D eigenvalue weighted by molar-refractivity contribution is 8.00. The molecule has 5 rings (SSSR count). The molecule has 0 aromatic heterocycles. The van der Waals surface area contributed by atoms with Crippen LogP contribution in [0, 0.1) is 0 Å². The molecule has 44 heavy (non-hydrogen) atoms. The second-order valence-electron chi connectivity index (χ2n) is 9.87. The van der Waals surface area contributed by atoms with Crippen molar-refractivity contribution in [1.29, 1.82) is 0 Å². The molecule has 0 unspecified atom stereocenters. The Balaban J connectivity index is 0.000000275. The van der Waals surface area contributed by atoms with E-state index in [1.165, 1.54) is 71.1 Å². The molecule has 0 amide bonds. The van der Waals surface area contributed by atoms with Crippen molar-refractivity contribution in [1.82, 2.24) is 9.80 Å². The van der Waals surface area contributed by atoms with E-state index in [-0.39, 0.29) is 0 Å². The summed E-state index contributed by atoms with van der Waals surface area (Å²) in [6, 6.07) is 22.2. The maximum absolute atomic E-state index is 9.55. The normalized spacial score (nSPS) is 14.6. The van der Waals surface area contributed by atoms with Crippen LogP contribution in [0.1, 0.15) is 6.42 Å². The van der Waals surface area contributed by atoms with Crippen molar-refractivity contribution in [3.63, 3.8) is 0 Å². The first kappa shape index (κ1) is 33.8. The lowest BCUT2D eigenvalue weighted by Gasteiger charge is -2.35. The molecule has 1 saturated heterocycles. The van der Waals surface area contributed by atoms with Gasteiger partial charge >= 0.3 is 23.9 Å². The zero-order valence-electron chi connectivity index (χ0n) is 24.2. The molecule has 12 heteroatoms. The van der Waals surface area contributed by atoms with E-state index < -0.39 is 23.9 Å². The number of aliphatic carboxylic acids is 4. The number of benzene rings is 3. The first-order valence-corrected chi connectivity index (χ1v) is 14.6. The van der Waals surface area contributed by atoms with E-state index in [0.29, 0.717) is 24.3 Å². The molecule has 0 spiro atoms. The zero-order valence-corrected chi connectivity index (χ0v) is 25.0. The van der Waals surface area contributed by atoms with Crippen molar-refractivity contribution < 1.29 is 39.6 Å². The van der Waals surface area contributed by atoms with Crippen LogP contribution in [0.2, 0.25) is 0 Å². The van der Waals surface area contributed by atoms with Crippen molar-refractivity contribution in [2.24, 2.45) is 0 Å². The minimum Gasteiger partial charge on any atom is -0.478 e. The molecule has 2 heterocycles. The molecule has 11 nitrogen and oxygen atoms in total. The van der Waals surface area contributed by atoms with Gasteiger partial charge in [0.05, 0.1) is 11.4 Å². The second-order valence-corrected chi connectivity index (χ2v) is 10.9. The molecule has 0 aliphatic carbocycles. The Morgan fingerprint density at radius 2 is 1.23 bits per heavy atom. The highest BCUT2D eigenvalue weighted by Crippen LogP contribution is 2.50. The third-order valence-electron chi connectivity index (χ3n) is 6.71. The average Bonchev–Trinajstić information content (AvgIpc) is 3.00. The van der Waals surface area contributed by atoms with Gasteiger partial charge in [-0.15, -0.1) is 0 Å². The molecule has 0 radical (unpaired) electrons. The number of hydrogen-bond acceptors (Lipinski definition) is 8.